The van der Waals surface area contributed by atoms with E-state index in [4.69, 9.17) is 16.3 Å². The number of ether oxygens (including phenoxy) is 1. The fourth-order valence-electron chi connectivity index (χ4n) is 3.05. The van der Waals surface area contributed by atoms with Crippen molar-refractivity contribution in [2.75, 3.05) is 11.8 Å². The molecular weight excluding hydrogens is 444 g/mol. The van der Waals surface area contributed by atoms with Crippen LogP contribution in [-0.2, 0) is 21.8 Å². The highest BCUT2D eigenvalue weighted by molar-refractivity contribution is 7.93. The van der Waals surface area contributed by atoms with Gasteiger partial charge >= 0.3 is 0 Å². The predicted molar refractivity (Wildman–Crippen MR) is 116 cm³/mol. The van der Waals surface area contributed by atoms with E-state index in [2.05, 4.69) is 30.0 Å². The zero-order chi connectivity index (χ0) is 22.8. The first-order valence-corrected chi connectivity index (χ1v) is 11.6. The number of hydrogen-bond donors (Lipinski definition) is 1. The lowest BCUT2D eigenvalue weighted by Gasteiger charge is -2.22. The number of sulfonamides is 1. The molecule has 1 unspecified atom stereocenters. The van der Waals surface area contributed by atoms with Gasteiger partial charge < -0.3 is 4.74 Å². The number of aromatic nitrogens is 7. The van der Waals surface area contributed by atoms with E-state index >= 15 is 0 Å². The summed E-state index contributed by atoms with van der Waals surface area (Å²) in [6, 6.07) is 1.77. The summed E-state index contributed by atoms with van der Waals surface area (Å²) in [5.41, 5.74) is 0.548. The van der Waals surface area contributed by atoms with Crippen molar-refractivity contribution >= 4 is 27.6 Å². The van der Waals surface area contributed by atoms with Gasteiger partial charge in [0.15, 0.2) is 5.82 Å². The van der Waals surface area contributed by atoms with Gasteiger partial charge in [0.2, 0.25) is 16.0 Å². The smallest absolute Gasteiger partial charge is 0.240 e. The molecule has 31 heavy (non-hydrogen) atoms. The van der Waals surface area contributed by atoms with Crippen molar-refractivity contribution in [1.82, 2.24) is 34.5 Å². The van der Waals surface area contributed by atoms with Crippen molar-refractivity contribution in [3.8, 4) is 11.5 Å². The zero-order valence-corrected chi connectivity index (χ0v) is 19.5. The normalized spacial score (nSPS) is 14.9. The first-order valence-electron chi connectivity index (χ1n) is 9.64. The molecule has 168 valence electrons. The molecule has 0 aliphatic carbocycles. The number of nitrogens with one attached hydrogen (secondary N) is 1. The van der Waals surface area contributed by atoms with Crippen molar-refractivity contribution in [2.24, 2.45) is 7.05 Å². The summed E-state index contributed by atoms with van der Waals surface area (Å²) in [4.78, 5) is 8.28. The molecule has 0 amide bonds. The van der Waals surface area contributed by atoms with Crippen LogP contribution in [-0.4, -0.2) is 55.3 Å². The van der Waals surface area contributed by atoms with E-state index in [1.165, 1.54) is 19.5 Å². The third-order valence-electron chi connectivity index (χ3n) is 5.02. The first kappa shape index (κ1) is 23.1. The third-order valence-corrected chi connectivity index (χ3v) is 7.07. The molecule has 3 atom stereocenters. The maximum Gasteiger partial charge on any atom is 0.240 e. The highest BCUT2D eigenvalue weighted by Gasteiger charge is 2.32. The van der Waals surface area contributed by atoms with E-state index < -0.39 is 27.4 Å². The SMILES string of the molecule is CCC(OC)n1c(NS(=O)(=O)[C@@H](C)[C@H](C)c2ncc(Cl)cn2)nnc1-c1ccn(C)n1. The van der Waals surface area contributed by atoms with Crippen LogP contribution in [0.2, 0.25) is 5.02 Å². The number of rotatable bonds is 9. The minimum Gasteiger partial charge on any atom is -0.361 e. The van der Waals surface area contributed by atoms with Crippen molar-refractivity contribution in [1.29, 1.82) is 0 Å². The molecule has 3 aromatic heterocycles. The van der Waals surface area contributed by atoms with Gasteiger partial charge in [0.1, 0.15) is 17.7 Å². The van der Waals surface area contributed by atoms with E-state index in [1.807, 2.05) is 6.92 Å². The van der Waals surface area contributed by atoms with Gasteiger partial charge in [-0.3, -0.25) is 14.0 Å². The minimum absolute atomic E-state index is 0.0467. The van der Waals surface area contributed by atoms with Crippen LogP contribution >= 0.6 is 11.6 Å². The average molecular weight is 469 g/mol. The Morgan fingerprint density at radius 1 is 1.23 bits per heavy atom. The molecule has 0 saturated heterocycles. The van der Waals surface area contributed by atoms with E-state index in [0.717, 1.165) is 0 Å². The maximum atomic E-state index is 13.1. The minimum atomic E-state index is -3.87. The summed E-state index contributed by atoms with van der Waals surface area (Å²) in [6.45, 7) is 5.23. The lowest BCUT2D eigenvalue weighted by Crippen LogP contribution is -2.32. The Morgan fingerprint density at radius 3 is 2.45 bits per heavy atom. The largest absolute Gasteiger partial charge is 0.361 e. The molecule has 0 saturated carbocycles. The molecule has 0 radical (unpaired) electrons. The summed E-state index contributed by atoms with van der Waals surface area (Å²) in [7, 11) is -0.554. The van der Waals surface area contributed by atoms with E-state index in [1.54, 1.807) is 42.4 Å². The van der Waals surface area contributed by atoms with Gasteiger partial charge in [0, 0.05) is 38.7 Å². The highest BCUT2D eigenvalue weighted by atomic mass is 35.5. The molecule has 3 rings (SSSR count). The Bertz CT molecular complexity index is 1130. The lowest BCUT2D eigenvalue weighted by atomic mass is 10.1. The molecule has 11 nitrogen and oxygen atoms in total. The number of nitrogens with zero attached hydrogens (tertiary/aromatic N) is 7. The summed E-state index contributed by atoms with van der Waals surface area (Å²) in [6.07, 6.45) is 4.72. The van der Waals surface area contributed by atoms with Crippen LogP contribution in [0.1, 0.15) is 45.2 Å². The number of hydrogen-bond acceptors (Lipinski definition) is 8. The van der Waals surface area contributed by atoms with Crippen molar-refractivity contribution in [3.05, 3.63) is 35.5 Å². The Labute approximate surface area is 185 Å². The second kappa shape index (κ2) is 9.28. The zero-order valence-electron chi connectivity index (χ0n) is 17.9. The molecule has 0 bridgehead atoms. The van der Waals surface area contributed by atoms with E-state index in [9.17, 15) is 8.42 Å². The molecule has 0 aromatic carbocycles. The Hall–Kier alpha value is -2.57. The molecule has 0 spiro atoms. The summed E-state index contributed by atoms with van der Waals surface area (Å²) >= 11 is 5.83. The second-order valence-corrected chi connectivity index (χ2v) is 9.56. The third kappa shape index (κ3) is 4.86. The van der Waals surface area contributed by atoms with E-state index in [0.29, 0.717) is 28.8 Å². The molecule has 0 fully saturated rings. The lowest BCUT2D eigenvalue weighted by molar-refractivity contribution is 0.0438. The van der Waals surface area contributed by atoms with Crippen LogP contribution < -0.4 is 4.72 Å². The van der Waals surface area contributed by atoms with Crippen LogP contribution in [0.25, 0.3) is 11.5 Å². The van der Waals surface area contributed by atoms with Crippen LogP contribution in [0.3, 0.4) is 0 Å². The second-order valence-electron chi connectivity index (χ2n) is 7.09. The van der Waals surface area contributed by atoms with Gasteiger partial charge in [-0.15, -0.1) is 10.2 Å². The molecule has 13 heteroatoms. The standard InChI is InChI=1S/C18H25ClN8O3S/c1-6-15(30-5)27-17(14-7-8-26(4)24-14)22-23-18(27)25-31(28,29)12(3)11(2)16-20-9-13(19)10-21-16/h7-12,15H,6H2,1-5H3,(H,23,25)/t11-,12-,15?/m0/s1. The van der Waals surface area contributed by atoms with Gasteiger partial charge in [-0.1, -0.05) is 25.4 Å². The number of methoxy groups -OCH3 is 1. The van der Waals surface area contributed by atoms with Gasteiger partial charge in [0.05, 0.1) is 10.3 Å². The Morgan fingerprint density at radius 2 is 1.90 bits per heavy atom. The average Bonchev–Trinajstić information content (AvgIpc) is 3.34. The molecule has 3 aromatic rings. The Balaban J connectivity index is 1.94. The molecular formula is C18H25ClN8O3S. The summed E-state index contributed by atoms with van der Waals surface area (Å²) in [5.74, 6) is 0.325. The van der Waals surface area contributed by atoms with E-state index in [-0.39, 0.29) is 5.95 Å². The molecule has 3 heterocycles. The van der Waals surface area contributed by atoms with Crippen LogP contribution in [0.5, 0.6) is 0 Å². The predicted octanol–water partition coefficient (Wildman–Crippen LogP) is 2.61. The summed E-state index contributed by atoms with van der Waals surface area (Å²) in [5, 5.41) is 12.1. The molecule has 1 N–H and O–H groups in total. The fourth-order valence-corrected chi connectivity index (χ4v) is 4.39. The topological polar surface area (TPSA) is 130 Å². The van der Waals surface area contributed by atoms with Crippen molar-refractivity contribution < 1.29 is 13.2 Å². The summed E-state index contributed by atoms with van der Waals surface area (Å²) < 4.78 is 37.6. The first-order chi connectivity index (χ1) is 14.7. The van der Waals surface area contributed by atoms with Gasteiger partial charge in [0.25, 0.3) is 0 Å². The maximum absolute atomic E-state index is 13.1. The Kier molecular flexibility index (Phi) is 6.92. The van der Waals surface area contributed by atoms with Crippen molar-refractivity contribution in [3.63, 3.8) is 0 Å². The van der Waals surface area contributed by atoms with Crippen molar-refractivity contribution in [2.45, 2.75) is 44.6 Å². The monoisotopic (exact) mass is 468 g/mol. The number of aryl methyl sites for hydroxylation is 1. The number of anilines is 1. The number of halogens is 1. The quantitative estimate of drug-likeness (QED) is 0.507. The molecule has 0 aliphatic rings. The van der Waals surface area contributed by atoms with Gasteiger partial charge in [-0.25, -0.2) is 18.4 Å². The van der Waals surface area contributed by atoms with Crippen LogP contribution in [0, 0.1) is 0 Å². The van der Waals surface area contributed by atoms with Gasteiger partial charge in [-0.2, -0.15) is 5.10 Å². The van der Waals surface area contributed by atoms with Crippen LogP contribution in [0.4, 0.5) is 5.95 Å². The fraction of sp³-hybridized carbons (Fsp3) is 0.500. The molecule has 0 aliphatic heterocycles. The highest BCUT2D eigenvalue weighted by Crippen LogP contribution is 2.29. The van der Waals surface area contributed by atoms with Gasteiger partial charge in [-0.05, 0) is 19.4 Å². The van der Waals surface area contributed by atoms with Crippen LogP contribution in [0.15, 0.2) is 24.7 Å².